The molecule has 158 valence electrons. The Kier molecular flexibility index (Phi) is 5.62. The monoisotopic (exact) mass is 400 g/mol. The Morgan fingerprint density at radius 3 is 2.38 bits per heavy atom. The predicted octanol–water partition coefficient (Wildman–Crippen LogP) is 1.65. The third-order valence-corrected chi connectivity index (χ3v) is 7.47. The fourth-order valence-electron chi connectivity index (χ4n) is 5.53. The standard InChI is InChI=1S/C22H32N4O3/c1-24-20(28)21(5-11-25(12-6-21)15-16-29-2)17-22(24)7-13-26(14-8-22)19(27)18-3-9-23-10-4-18/h3-4,9-10H,5-8,11-17H2,1-2H3. The fourth-order valence-corrected chi connectivity index (χ4v) is 5.53. The van der Waals surface area contributed by atoms with Crippen molar-refractivity contribution >= 4 is 11.8 Å². The molecule has 3 saturated heterocycles. The maximum Gasteiger partial charge on any atom is 0.253 e. The van der Waals surface area contributed by atoms with Crippen LogP contribution in [0, 0.1) is 5.41 Å². The Hall–Kier alpha value is -1.99. The van der Waals surface area contributed by atoms with Gasteiger partial charge in [-0.1, -0.05) is 0 Å². The predicted molar refractivity (Wildman–Crippen MR) is 109 cm³/mol. The number of methoxy groups -OCH3 is 1. The van der Waals surface area contributed by atoms with Crippen molar-refractivity contribution in [2.45, 2.75) is 37.6 Å². The number of likely N-dealkylation sites (tertiary alicyclic amines) is 3. The second-order valence-electron chi connectivity index (χ2n) is 8.91. The van der Waals surface area contributed by atoms with Gasteiger partial charge in [0.2, 0.25) is 5.91 Å². The van der Waals surface area contributed by atoms with Crippen LogP contribution in [0.4, 0.5) is 0 Å². The van der Waals surface area contributed by atoms with Gasteiger partial charge in [0.1, 0.15) is 0 Å². The van der Waals surface area contributed by atoms with E-state index in [-0.39, 0.29) is 16.9 Å². The Morgan fingerprint density at radius 1 is 1.10 bits per heavy atom. The van der Waals surface area contributed by atoms with Gasteiger partial charge in [-0.05, 0) is 57.3 Å². The number of aromatic nitrogens is 1. The van der Waals surface area contributed by atoms with Crippen molar-refractivity contribution in [2.24, 2.45) is 5.41 Å². The molecule has 2 amide bonds. The van der Waals surface area contributed by atoms with Crippen LogP contribution >= 0.6 is 0 Å². The van der Waals surface area contributed by atoms with Crippen molar-refractivity contribution in [3.63, 3.8) is 0 Å². The molecule has 4 rings (SSSR count). The number of ether oxygens (including phenoxy) is 1. The largest absolute Gasteiger partial charge is 0.383 e. The number of carbonyl (C=O) groups excluding carboxylic acids is 2. The third kappa shape index (κ3) is 3.66. The zero-order chi connectivity index (χ0) is 20.5. The van der Waals surface area contributed by atoms with Gasteiger partial charge >= 0.3 is 0 Å². The molecule has 1 aromatic rings. The van der Waals surface area contributed by atoms with E-state index in [1.165, 1.54) is 0 Å². The van der Waals surface area contributed by atoms with Crippen molar-refractivity contribution < 1.29 is 14.3 Å². The second kappa shape index (κ2) is 8.03. The van der Waals surface area contributed by atoms with Gasteiger partial charge in [-0.2, -0.15) is 0 Å². The Balaban J connectivity index is 1.40. The maximum absolute atomic E-state index is 13.3. The highest BCUT2D eigenvalue weighted by Gasteiger charge is 2.58. The van der Waals surface area contributed by atoms with Crippen LogP contribution in [0.25, 0.3) is 0 Å². The van der Waals surface area contributed by atoms with Crippen LogP contribution < -0.4 is 0 Å². The van der Waals surface area contributed by atoms with E-state index in [1.54, 1.807) is 31.6 Å². The van der Waals surface area contributed by atoms with Gasteiger partial charge in [0, 0.05) is 57.3 Å². The molecule has 2 spiro atoms. The molecule has 4 heterocycles. The molecule has 3 fully saturated rings. The quantitative estimate of drug-likeness (QED) is 0.769. The number of pyridine rings is 1. The van der Waals surface area contributed by atoms with Crippen LogP contribution in [0.15, 0.2) is 24.5 Å². The first-order valence-corrected chi connectivity index (χ1v) is 10.7. The molecule has 29 heavy (non-hydrogen) atoms. The summed E-state index contributed by atoms with van der Waals surface area (Å²) in [4.78, 5) is 36.4. The molecular formula is C22H32N4O3. The molecule has 0 N–H and O–H groups in total. The molecule has 0 saturated carbocycles. The van der Waals surface area contributed by atoms with Crippen LogP contribution in [0.1, 0.15) is 42.5 Å². The third-order valence-electron chi connectivity index (χ3n) is 7.47. The van der Waals surface area contributed by atoms with Crippen LogP contribution in [-0.2, 0) is 9.53 Å². The minimum Gasteiger partial charge on any atom is -0.383 e. The molecule has 0 aliphatic carbocycles. The summed E-state index contributed by atoms with van der Waals surface area (Å²) in [6, 6.07) is 3.54. The van der Waals surface area contributed by atoms with E-state index in [0.29, 0.717) is 24.6 Å². The van der Waals surface area contributed by atoms with Crippen molar-refractivity contribution in [2.75, 3.05) is 53.5 Å². The van der Waals surface area contributed by atoms with E-state index in [4.69, 9.17) is 4.74 Å². The van der Waals surface area contributed by atoms with Crippen molar-refractivity contribution in [3.8, 4) is 0 Å². The molecule has 0 radical (unpaired) electrons. The summed E-state index contributed by atoms with van der Waals surface area (Å²) >= 11 is 0. The van der Waals surface area contributed by atoms with E-state index in [0.717, 1.165) is 58.3 Å². The highest BCUT2D eigenvalue weighted by molar-refractivity contribution is 5.94. The summed E-state index contributed by atoms with van der Waals surface area (Å²) in [5.74, 6) is 0.383. The Morgan fingerprint density at radius 2 is 1.76 bits per heavy atom. The van der Waals surface area contributed by atoms with E-state index >= 15 is 0 Å². The average Bonchev–Trinajstić information content (AvgIpc) is 2.96. The molecule has 0 unspecified atom stereocenters. The lowest BCUT2D eigenvalue weighted by molar-refractivity contribution is -0.139. The first-order chi connectivity index (χ1) is 14.0. The van der Waals surface area contributed by atoms with Gasteiger partial charge in [0.05, 0.1) is 12.0 Å². The summed E-state index contributed by atoms with van der Waals surface area (Å²) in [6.45, 7) is 5.01. The summed E-state index contributed by atoms with van der Waals surface area (Å²) in [7, 11) is 3.71. The fraction of sp³-hybridized carbons (Fsp3) is 0.682. The minimum atomic E-state index is -0.213. The van der Waals surface area contributed by atoms with Crippen molar-refractivity contribution in [3.05, 3.63) is 30.1 Å². The van der Waals surface area contributed by atoms with E-state index in [2.05, 4.69) is 9.88 Å². The zero-order valence-corrected chi connectivity index (χ0v) is 17.6. The van der Waals surface area contributed by atoms with Gasteiger partial charge in [-0.15, -0.1) is 0 Å². The van der Waals surface area contributed by atoms with Crippen LogP contribution in [0.3, 0.4) is 0 Å². The maximum atomic E-state index is 13.3. The van der Waals surface area contributed by atoms with Crippen molar-refractivity contribution in [1.82, 2.24) is 19.7 Å². The molecule has 0 atom stereocenters. The van der Waals surface area contributed by atoms with E-state index in [9.17, 15) is 9.59 Å². The Labute approximate surface area is 173 Å². The number of hydrogen-bond donors (Lipinski definition) is 0. The van der Waals surface area contributed by atoms with Gasteiger partial charge in [0.25, 0.3) is 5.91 Å². The summed E-state index contributed by atoms with van der Waals surface area (Å²) in [5, 5.41) is 0. The van der Waals surface area contributed by atoms with Crippen LogP contribution in [-0.4, -0.2) is 90.5 Å². The summed E-state index contributed by atoms with van der Waals surface area (Å²) in [5.41, 5.74) is 0.378. The number of nitrogens with zero attached hydrogens (tertiary/aromatic N) is 4. The lowest BCUT2D eigenvalue weighted by Gasteiger charge is -2.44. The summed E-state index contributed by atoms with van der Waals surface area (Å²) < 4.78 is 5.20. The minimum absolute atomic E-state index is 0.0652. The number of piperidine rings is 2. The molecule has 1 aromatic heterocycles. The lowest BCUT2D eigenvalue weighted by atomic mass is 9.71. The smallest absolute Gasteiger partial charge is 0.253 e. The second-order valence-corrected chi connectivity index (χ2v) is 8.91. The molecule has 0 bridgehead atoms. The van der Waals surface area contributed by atoms with Gasteiger partial charge in [-0.25, -0.2) is 0 Å². The summed E-state index contributed by atoms with van der Waals surface area (Å²) in [6.07, 6.45) is 7.84. The average molecular weight is 401 g/mol. The van der Waals surface area contributed by atoms with E-state index in [1.807, 2.05) is 16.8 Å². The molecular weight excluding hydrogens is 368 g/mol. The molecule has 0 aromatic carbocycles. The zero-order valence-electron chi connectivity index (χ0n) is 17.6. The lowest BCUT2D eigenvalue weighted by Crippen LogP contribution is -2.52. The topological polar surface area (TPSA) is 66.0 Å². The first-order valence-electron chi connectivity index (χ1n) is 10.7. The van der Waals surface area contributed by atoms with Crippen LogP contribution in [0.2, 0.25) is 0 Å². The van der Waals surface area contributed by atoms with Crippen LogP contribution in [0.5, 0.6) is 0 Å². The number of rotatable bonds is 4. The normalized spacial score (nSPS) is 23.9. The van der Waals surface area contributed by atoms with Gasteiger partial charge in [0.15, 0.2) is 0 Å². The SMILES string of the molecule is COCCN1CCC2(CC1)CC1(CCN(C(=O)c3ccncc3)CC1)N(C)C2=O. The number of amides is 2. The molecule has 7 heteroatoms. The molecule has 7 nitrogen and oxygen atoms in total. The Bertz CT molecular complexity index is 738. The van der Waals surface area contributed by atoms with Gasteiger partial charge in [-0.3, -0.25) is 14.6 Å². The van der Waals surface area contributed by atoms with Gasteiger partial charge < -0.3 is 19.4 Å². The number of carbonyl (C=O) groups is 2. The number of hydrogen-bond acceptors (Lipinski definition) is 5. The highest BCUT2D eigenvalue weighted by Crippen LogP contribution is 2.52. The molecule has 3 aliphatic rings. The first kappa shape index (κ1) is 20.3. The molecule has 3 aliphatic heterocycles. The van der Waals surface area contributed by atoms with E-state index < -0.39 is 0 Å². The van der Waals surface area contributed by atoms with Crippen molar-refractivity contribution in [1.29, 1.82) is 0 Å². The highest BCUT2D eigenvalue weighted by atomic mass is 16.5.